The van der Waals surface area contributed by atoms with Crippen molar-refractivity contribution in [2.75, 3.05) is 0 Å². The Hall–Kier alpha value is -1.25. The minimum atomic E-state index is -4.61. The largest absolute Gasteiger partial charge is 0.480 e. The van der Waals surface area contributed by atoms with E-state index in [-0.39, 0.29) is 12.3 Å². The lowest BCUT2D eigenvalue weighted by molar-refractivity contribution is -0.139. The van der Waals surface area contributed by atoms with Gasteiger partial charge >= 0.3 is 5.97 Å². The SMILES string of the molecule is CC(C)C[C@@H](NS(=O)(=O)c1c(Cl)ccc(F)c1F)C(=O)O. The molecule has 0 fully saturated rings. The van der Waals surface area contributed by atoms with E-state index in [9.17, 15) is 22.0 Å². The summed E-state index contributed by atoms with van der Waals surface area (Å²) in [4.78, 5) is 9.96. The average molecular weight is 342 g/mol. The Morgan fingerprint density at radius 1 is 1.38 bits per heavy atom. The van der Waals surface area contributed by atoms with E-state index in [0.717, 1.165) is 6.07 Å². The Bertz CT molecular complexity index is 649. The van der Waals surface area contributed by atoms with Crippen molar-refractivity contribution in [2.45, 2.75) is 31.2 Å². The van der Waals surface area contributed by atoms with Crippen LogP contribution in [0.3, 0.4) is 0 Å². The lowest BCUT2D eigenvalue weighted by Gasteiger charge is -2.17. The van der Waals surface area contributed by atoms with Crippen LogP contribution >= 0.6 is 11.6 Å². The van der Waals surface area contributed by atoms with Crippen molar-refractivity contribution in [1.29, 1.82) is 0 Å². The molecule has 0 aliphatic heterocycles. The quantitative estimate of drug-likeness (QED) is 0.778. The number of benzene rings is 1. The Balaban J connectivity index is 3.23. The van der Waals surface area contributed by atoms with E-state index in [1.54, 1.807) is 13.8 Å². The molecule has 0 unspecified atom stereocenters. The zero-order valence-electron chi connectivity index (χ0n) is 11.2. The topological polar surface area (TPSA) is 83.5 Å². The minimum Gasteiger partial charge on any atom is -0.480 e. The van der Waals surface area contributed by atoms with Crippen LogP contribution in [0, 0.1) is 17.6 Å². The highest BCUT2D eigenvalue weighted by Crippen LogP contribution is 2.26. The molecule has 1 aromatic rings. The molecule has 118 valence electrons. The molecule has 21 heavy (non-hydrogen) atoms. The smallest absolute Gasteiger partial charge is 0.321 e. The predicted octanol–water partition coefficient (Wildman–Crippen LogP) is 2.40. The summed E-state index contributed by atoms with van der Waals surface area (Å²) < 4.78 is 52.7. The number of hydrogen-bond donors (Lipinski definition) is 2. The fraction of sp³-hybridized carbons (Fsp3) is 0.417. The molecule has 0 saturated heterocycles. The fourth-order valence-electron chi connectivity index (χ4n) is 1.67. The highest BCUT2D eigenvalue weighted by Gasteiger charge is 2.31. The van der Waals surface area contributed by atoms with Gasteiger partial charge in [0.2, 0.25) is 10.0 Å². The summed E-state index contributed by atoms with van der Waals surface area (Å²) >= 11 is 5.58. The molecule has 0 aliphatic rings. The van der Waals surface area contributed by atoms with Gasteiger partial charge < -0.3 is 5.11 Å². The first-order valence-corrected chi connectivity index (χ1v) is 7.81. The normalized spacial score (nSPS) is 13.4. The van der Waals surface area contributed by atoms with Crippen LogP contribution in [0.2, 0.25) is 5.02 Å². The van der Waals surface area contributed by atoms with Crippen molar-refractivity contribution in [3.63, 3.8) is 0 Å². The lowest BCUT2D eigenvalue weighted by atomic mass is 10.1. The van der Waals surface area contributed by atoms with Crippen LogP contribution in [0.25, 0.3) is 0 Å². The summed E-state index contributed by atoms with van der Waals surface area (Å²) in [5, 5.41) is 8.47. The number of carboxylic acids is 1. The predicted molar refractivity (Wildman–Crippen MR) is 72.6 cm³/mol. The van der Waals surface area contributed by atoms with E-state index >= 15 is 0 Å². The van der Waals surface area contributed by atoms with Crippen molar-refractivity contribution < 1.29 is 27.1 Å². The van der Waals surface area contributed by atoms with E-state index in [0.29, 0.717) is 6.07 Å². The van der Waals surface area contributed by atoms with Gasteiger partial charge in [-0.3, -0.25) is 4.79 Å². The maximum absolute atomic E-state index is 13.6. The van der Waals surface area contributed by atoms with Crippen LogP contribution in [-0.2, 0) is 14.8 Å². The van der Waals surface area contributed by atoms with E-state index < -0.39 is 43.6 Å². The molecular weight excluding hydrogens is 328 g/mol. The molecule has 1 rings (SSSR count). The van der Waals surface area contributed by atoms with Crippen LogP contribution in [0.1, 0.15) is 20.3 Å². The molecule has 2 N–H and O–H groups in total. The summed E-state index contributed by atoms with van der Waals surface area (Å²) in [5.74, 6) is -4.58. The van der Waals surface area contributed by atoms with Crippen LogP contribution in [0.5, 0.6) is 0 Å². The summed E-state index contributed by atoms with van der Waals surface area (Å²) in [6, 6.07) is 0.0976. The molecule has 9 heteroatoms. The van der Waals surface area contributed by atoms with Gasteiger partial charge in [0, 0.05) is 0 Å². The molecule has 0 radical (unpaired) electrons. The zero-order valence-corrected chi connectivity index (χ0v) is 12.8. The molecule has 0 amide bonds. The monoisotopic (exact) mass is 341 g/mol. The van der Waals surface area contributed by atoms with Gasteiger partial charge in [0.1, 0.15) is 10.9 Å². The van der Waals surface area contributed by atoms with Gasteiger partial charge in [-0.2, -0.15) is 4.72 Å². The summed E-state index contributed by atoms with van der Waals surface area (Å²) in [6.45, 7) is 3.39. The van der Waals surface area contributed by atoms with Crippen molar-refractivity contribution in [3.8, 4) is 0 Å². The molecule has 0 aromatic heterocycles. The van der Waals surface area contributed by atoms with Crippen molar-refractivity contribution in [3.05, 3.63) is 28.8 Å². The minimum absolute atomic E-state index is 0.0108. The number of rotatable bonds is 6. The molecule has 0 bridgehead atoms. The third-order valence-electron chi connectivity index (χ3n) is 2.57. The highest BCUT2D eigenvalue weighted by molar-refractivity contribution is 7.89. The molecule has 0 aliphatic carbocycles. The molecule has 0 spiro atoms. The van der Waals surface area contributed by atoms with E-state index in [1.807, 2.05) is 4.72 Å². The maximum atomic E-state index is 13.6. The molecular formula is C12H14ClF2NO4S. The summed E-state index contributed by atoms with van der Waals surface area (Å²) in [6.07, 6.45) is -0.0108. The Kier molecular flexibility index (Phi) is 5.66. The Morgan fingerprint density at radius 3 is 2.43 bits per heavy atom. The molecule has 1 aromatic carbocycles. The third kappa shape index (κ3) is 4.36. The number of carbonyl (C=O) groups is 1. The number of aliphatic carboxylic acids is 1. The lowest BCUT2D eigenvalue weighted by Crippen LogP contribution is -2.42. The van der Waals surface area contributed by atoms with Gasteiger partial charge in [-0.05, 0) is 24.5 Å². The number of sulfonamides is 1. The van der Waals surface area contributed by atoms with Crippen molar-refractivity contribution in [2.24, 2.45) is 5.92 Å². The van der Waals surface area contributed by atoms with Gasteiger partial charge in [-0.25, -0.2) is 17.2 Å². The van der Waals surface area contributed by atoms with Gasteiger partial charge in [-0.15, -0.1) is 0 Å². The van der Waals surface area contributed by atoms with E-state index in [4.69, 9.17) is 16.7 Å². The second-order valence-electron chi connectivity index (χ2n) is 4.81. The molecule has 0 saturated carbocycles. The number of carboxylic acid groups (broad SMARTS) is 1. The molecule has 1 atom stereocenters. The van der Waals surface area contributed by atoms with Crippen LogP contribution in [-0.4, -0.2) is 25.5 Å². The second kappa shape index (κ2) is 6.67. The van der Waals surface area contributed by atoms with E-state index in [1.165, 1.54) is 0 Å². The van der Waals surface area contributed by atoms with Gasteiger partial charge in [0.25, 0.3) is 0 Å². The molecule has 0 heterocycles. The number of halogens is 3. The van der Waals surface area contributed by atoms with Crippen molar-refractivity contribution in [1.82, 2.24) is 4.72 Å². The summed E-state index contributed by atoms with van der Waals surface area (Å²) in [7, 11) is -4.61. The Labute approximate surface area is 126 Å². The first-order chi connectivity index (χ1) is 9.56. The van der Waals surface area contributed by atoms with Gasteiger partial charge in [0.15, 0.2) is 11.6 Å². The first-order valence-electron chi connectivity index (χ1n) is 5.95. The first kappa shape index (κ1) is 17.8. The standard InChI is InChI=1S/C12H14ClF2NO4S/c1-6(2)5-9(12(17)18)16-21(19,20)11-7(13)3-4-8(14)10(11)15/h3-4,6,9,16H,5H2,1-2H3,(H,17,18)/t9-/m1/s1. The maximum Gasteiger partial charge on any atom is 0.321 e. The van der Waals surface area contributed by atoms with Crippen LogP contribution in [0.4, 0.5) is 8.78 Å². The zero-order chi connectivity index (χ0) is 16.4. The highest BCUT2D eigenvalue weighted by atomic mass is 35.5. The van der Waals surface area contributed by atoms with Gasteiger partial charge in [0.05, 0.1) is 5.02 Å². The van der Waals surface area contributed by atoms with Crippen LogP contribution < -0.4 is 4.72 Å². The van der Waals surface area contributed by atoms with Crippen LogP contribution in [0.15, 0.2) is 17.0 Å². The average Bonchev–Trinajstić information content (AvgIpc) is 2.32. The third-order valence-corrected chi connectivity index (χ3v) is 4.53. The number of hydrogen-bond acceptors (Lipinski definition) is 3. The fourth-order valence-corrected chi connectivity index (χ4v) is 3.47. The Morgan fingerprint density at radius 2 is 1.95 bits per heavy atom. The summed E-state index contributed by atoms with van der Waals surface area (Å²) in [5.41, 5.74) is 0. The second-order valence-corrected chi connectivity index (χ2v) is 6.87. The van der Waals surface area contributed by atoms with Gasteiger partial charge in [-0.1, -0.05) is 25.4 Å². The van der Waals surface area contributed by atoms with E-state index in [2.05, 4.69) is 0 Å². The van der Waals surface area contributed by atoms with Crippen molar-refractivity contribution >= 4 is 27.6 Å². The molecule has 5 nitrogen and oxygen atoms in total. The number of nitrogens with one attached hydrogen (secondary N) is 1.